The Hall–Kier alpha value is -1.68. The molecule has 0 saturated carbocycles. The van der Waals surface area contributed by atoms with Crippen molar-refractivity contribution in [2.45, 2.75) is 6.92 Å². The number of nitrogens with two attached hydrogens (primary N) is 1. The van der Waals surface area contributed by atoms with Crippen molar-refractivity contribution in [3.05, 3.63) is 28.9 Å². The lowest BCUT2D eigenvalue weighted by Crippen LogP contribution is -1.98. The maximum absolute atomic E-state index is 9.46. The molecule has 0 atom stereocenters. The maximum atomic E-state index is 9.46. The predicted molar refractivity (Wildman–Crippen MR) is 64.5 cm³/mol. The van der Waals surface area contributed by atoms with E-state index < -0.39 is 0 Å². The van der Waals surface area contributed by atoms with Gasteiger partial charge in [-0.3, -0.25) is 4.68 Å². The van der Waals surface area contributed by atoms with E-state index in [9.17, 15) is 5.11 Å². The molecule has 0 aliphatic rings. The minimum atomic E-state index is 0.0744. The molecular formula is C11H12ClN3O. The molecular weight excluding hydrogens is 226 g/mol. The lowest BCUT2D eigenvalue weighted by Gasteiger charge is -2.07. The van der Waals surface area contributed by atoms with E-state index in [0.717, 1.165) is 16.7 Å². The molecule has 3 N–H and O–H groups in total. The molecule has 2 rings (SSSR count). The molecule has 1 aromatic heterocycles. The van der Waals surface area contributed by atoms with Crippen molar-refractivity contribution in [1.29, 1.82) is 0 Å². The highest BCUT2D eigenvalue weighted by molar-refractivity contribution is 6.32. The zero-order valence-electron chi connectivity index (χ0n) is 9.03. The fraction of sp³-hybridized carbons (Fsp3) is 0.182. The van der Waals surface area contributed by atoms with Crippen LogP contribution in [0.3, 0.4) is 0 Å². The summed E-state index contributed by atoms with van der Waals surface area (Å²) >= 11 is 5.88. The van der Waals surface area contributed by atoms with E-state index >= 15 is 0 Å². The van der Waals surface area contributed by atoms with E-state index in [2.05, 4.69) is 5.10 Å². The van der Waals surface area contributed by atoms with Crippen molar-refractivity contribution < 1.29 is 5.11 Å². The first kappa shape index (κ1) is 10.8. The number of benzene rings is 1. The molecule has 16 heavy (non-hydrogen) atoms. The second-order valence-corrected chi connectivity index (χ2v) is 4.09. The highest BCUT2D eigenvalue weighted by Gasteiger charge is 2.12. The fourth-order valence-corrected chi connectivity index (χ4v) is 1.77. The Morgan fingerprint density at radius 1 is 1.38 bits per heavy atom. The minimum absolute atomic E-state index is 0.0744. The molecule has 0 aliphatic heterocycles. The van der Waals surface area contributed by atoms with E-state index in [1.807, 2.05) is 6.92 Å². The van der Waals surface area contributed by atoms with Gasteiger partial charge in [0.25, 0.3) is 0 Å². The summed E-state index contributed by atoms with van der Waals surface area (Å²) in [7, 11) is 1.77. The third-order valence-electron chi connectivity index (χ3n) is 2.57. The summed E-state index contributed by atoms with van der Waals surface area (Å²) in [4.78, 5) is 0. The Labute approximate surface area is 98.3 Å². The molecule has 0 radical (unpaired) electrons. The third-order valence-corrected chi connectivity index (χ3v) is 2.87. The van der Waals surface area contributed by atoms with E-state index in [1.54, 1.807) is 30.1 Å². The lowest BCUT2D eigenvalue weighted by molar-refractivity contribution is 0.475. The highest BCUT2D eigenvalue weighted by atomic mass is 35.5. The second kappa shape index (κ2) is 3.72. The van der Waals surface area contributed by atoms with Crippen molar-refractivity contribution in [1.82, 2.24) is 9.78 Å². The van der Waals surface area contributed by atoms with Gasteiger partial charge >= 0.3 is 0 Å². The second-order valence-electron chi connectivity index (χ2n) is 3.69. The van der Waals surface area contributed by atoms with Crippen molar-refractivity contribution in [3.63, 3.8) is 0 Å². The topological polar surface area (TPSA) is 64.1 Å². The quantitative estimate of drug-likeness (QED) is 0.800. The van der Waals surface area contributed by atoms with Gasteiger partial charge in [0.15, 0.2) is 0 Å². The Kier molecular flexibility index (Phi) is 2.52. The third kappa shape index (κ3) is 1.61. The number of hydrogen-bond donors (Lipinski definition) is 2. The maximum Gasteiger partial charge on any atom is 0.134 e. The van der Waals surface area contributed by atoms with Gasteiger partial charge in [0, 0.05) is 12.6 Å². The van der Waals surface area contributed by atoms with Crippen LogP contribution in [0, 0.1) is 6.92 Å². The van der Waals surface area contributed by atoms with E-state index in [-0.39, 0.29) is 5.75 Å². The average Bonchev–Trinajstić information content (AvgIpc) is 2.54. The van der Waals surface area contributed by atoms with Gasteiger partial charge in [-0.2, -0.15) is 5.10 Å². The van der Waals surface area contributed by atoms with Gasteiger partial charge in [-0.05, 0) is 30.2 Å². The monoisotopic (exact) mass is 237 g/mol. The molecule has 0 aliphatic carbocycles. The van der Waals surface area contributed by atoms with Gasteiger partial charge in [0.05, 0.1) is 11.2 Å². The number of aromatic hydroxyl groups is 1. The van der Waals surface area contributed by atoms with Gasteiger partial charge in [0.2, 0.25) is 0 Å². The lowest BCUT2D eigenvalue weighted by atomic mass is 10.0. The Morgan fingerprint density at radius 3 is 2.62 bits per heavy atom. The molecule has 2 aromatic rings. The van der Waals surface area contributed by atoms with Crippen molar-refractivity contribution in [2.24, 2.45) is 7.05 Å². The number of aryl methyl sites for hydroxylation is 2. The number of nitrogen functional groups attached to an aromatic ring is 1. The first-order chi connectivity index (χ1) is 7.50. The molecule has 1 heterocycles. The average molecular weight is 238 g/mol. The van der Waals surface area contributed by atoms with Crippen molar-refractivity contribution >= 4 is 17.4 Å². The van der Waals surface area contributed by atoms with Crippen LogP contribution in [-0.4, -0.2) is 14.9 Å². The summed E-state index contributed by atoms with van der Waals surface area (Å²) in [6.07, 6.45) is 1.69. The van der Waals surface area contributed by atoms with Crippen LogP contribution >= 0.6 is 11.6 Å². The zero-order valence-corrected chi connectivity index (χ0v) is 9.78. The number of anilines is 1. The van der Waals surface area contributed by atoms with Crippen LogP contribution in [0.15, 0.2) is 18.3 Å². The van der Waals surface area contributed by atoms with E-state index in [4.69, 9.17) is 17.3 Å². The highest BCUT2D eigenvalue weighted by Crippen LogP contribution is 2.34. The first-order valence-corrected chi connectivity index (χ1v) is 5.15. The minimum Gasteiger partial charge on any atom is -0.506 e. The van der Waals surface area contributed by atoms with Crippen LogP contribution < -0.4 is 5.73 Å². The van der Waals surface area contributed by atoms with Gasteiger partial charge in [-0.25, -0.2) is 0 Å². The van der Waals surface area contributed by atoms with Crippen LogP contribution in [0.4, 0.5) is 5.82 Å². The summed E-state index contributed by atoms with van der Waals surface area (Å²) < 4.78 is 1.59. The molecule has 4 nitrogen and oxygen atoms in total. The SMILES string of the molecule is Cc1cc(O)c(Cl)cc1-c1cnn(C)c1N. The molecule has 0 fully saturated rings. The zero-order chi connectivity index (χ0) is 11.9. The van der Waals surface area contributed by atoms with E-state index in [0.29, 0.717) is 10.8 Å². The predicted octanol–water partition coefficient (Wildman–Crippen LogP) is 2.34. The Bertz CT molecular complexity index is 548. The van der Waals surface area contributed by atoms with Crippen molar-refractivity contribution in [2.75, 3.05) is 5.73 Å². The van der Waals surface area contributed by atoms with Gasteiger partial charge < -0.3 is 10.8 Å². The van der Waals surface area contributed by atoms with Crippen LogP contribution in [0.5, 0.6) is 5.75 Å². The number of nitrogens with zero attached hydrogens (tertiary/aromatic N) is 2. The fourth-order valence-electron chi connectivity index (χ4n) is 1.61. The molecule has 0 unspecified atom stereocenters. The number of rotatable bonds is 1. The van der Waals surface area contributed by atoms with Crippen LogP contribution in [-0.2, 0) is 7.05 Å². The molecule has 5 heteroatoms. The number of aromatic nitrogens is 2. The van der Waals surface area contributed by atoms with Crippen LogP contribution in [0.2, 0.25) is 5.02 Å². The first-order valence-electron chi connectivity index (χ1n) is 4.77. The van der Waals surface area contributed by atoms with Crippen LogP contribution in [0.1, 0.15) is 5.56 Å². The largest absolute Gasteiger partial charge is 0.506 e. The summed E-state index contributed by atoms with van der Waals surface area (Å²) in [5, 5.41) is 13.8. The molecule has 0 bridgehead atoms. The smallest absolute Gasteiger partial charge is 0.134 e. The Morgan fingerprint density at radius 2 is 2.06 bits per heavy atom. The standard InChI is InChI=1S/C11H12ClN3O/c1-6-3-10(16)9(12)4-7(6)8-5-14-15(2)11(8)13/h3-5,16H,13H2,1-2H3. The number of halogens is 1. The summed E-state index contributed by atoms with van der Waals surface area (Å²) in [5.41, 5.74) is 8.49. The molecule has 0 spiro atoms. The summed E-state index contributed by atoms with van der Waals surface area (Å²) in [5.74, 6) is 0.648. The number of phenolic OH excluding ortho intramolecular Hbond substituents is 1. The van der Waals surface area contributed by atoms with E-state index in [1.165, 1.54) is 0 Å². The van der Waals surface area contributed by atoms with Gasteiger partial charge in [-0.15, -0.1) is 0 Å². The Balaban J connectivity index is 2.65. The van der Waals surface area contributed by atoms with Crippen molar-refractivity contribution in [3.8, 4) is 16.9 Å². The molecule has 0 amide bonds. The normalized spacial score (nSPS) is 10.7. The number of phenols is 1. The summed E-state index contributed by atoms with van der Waals surface area (Å²) in [6.45, 7) is 1.89. The summed E-state index contributed by atoms with van der Waals surface area (Å²) in [6, 6.07) is 3.31. The molecule has 84 valence electrons. The molecule has 0 saturated heterocycles. The number of hydrogen-bond acceptors (Lipinski definition) is 3. The van der Waals surface area contributed by atoms with Crippen LogP contribution in [0.25, 0.3) is 11.1 Å². The van der Waals surface area contributed by atoms with Gasteiger partial charge in [0.1, 0.15) is 11.6 Å². The van der Waals surface area contributed by atoms with Gasteiger partial charge in [-0.1, -0.05) is 11.6 Å². The molecule has 1 aromatic carbocycles.